The summed E-state index contributed by atoms with van der Waals surface area (Å²) in [6, 6.07) is 11.9. The normalized spacial score (nSPS) is 14.5. The number of morpholine rings is 1. The molecule has 2 aromatic heterocycles. The van der Waals surface area contributed by atoms with Crippen LogP contribution in [-0.2, 0) is 4.74 Å². The number of para-hydroxylation sites is 1. The maximum atomic E-state index is 13.6. The molecule has 3 heterocycles. The molecule has 0 N–H and O–H groups in total. The molecular formula is C22H23ClN4O2S3. The fraction of sp³-hybridized carbons (Fsp3) is 0.318. The minimum absolute atomic E-state index is 0. The molecular weight excluding hydrogens is 484 g/mol. The van der Waals surface area contributed by atoms with E-state index >= 15 is 0 Å². The molecule has 0 radical (unpaired) electrons. The summed E-state index contributed by atoms with van der Waals surface area (Å²) < 4.78 is 7.59. The maximum absolute atomic E-state index is 13.6. The SMILES string of the molecule is CSc1cccc2sc(N(CCN3CCOCC3)C(=O)c3ccc4ncsc4c3)nc12.Cl. The second kappa shape index (κ2) is 10.5. The number of rotatable bonds is 6. The van der Waals surface area contributed by atoms with Crippen LogP contribution in [0.1, 0.15) is 10.4 Å². The van der Waals surface area contributed by atoms with Gasteiger partial charge in [0, 0.05) is 36.6 Å². The summed E-state index contributed by atoms with van der Waals surface area (Å²) in [5, 5.41) is 0.749. The summed E-state index contributed by atoms with van der Waals surface area (Å²) in [5.74, 6) is -0.0201. The van der Waals surface area contributed by atoms with E-state index in [2.05, 4.69) is 28.3 Å². The molecule has 5 rings (SSSR count). The van der Waals surface area contributed by atoms with E-state index in [9.17, 15) is 4.79 Å². The molecule has 6 nitrogen and oxygen atoms in total. The van der Waals surface area contributed by atoms with Gasteiger partial charge in [0.15, 0.2) is 5.13 Å². The number of thioether (sulfide) groups is 1. The van der Waals surface area contributed by atoms with Gasteiger partial charge in [-0.15, -0.1) is 35.5 Å². The number of hydrogen-bond acceptors (Lipinski definition) is 8. The van der Waals surface area contributed by atoms with E-state index in [0.717, 1.165) is 63.3 Å². The average Bonchev–Trinajstić information content (AvgIpc) is 3.46. The van der Waals surface area contributed by atoms with Gasteiger partial charge in [0.2, 0.25) is 0 Å². The fourth-order valence-corrected chi connectivity index (χ4v) is 6.05. The van der Waals surface area contributed by atoms with Crippen LogP contribution in [0.2, 0.25) is 0 Å². The molecule has 1 aliphatic heterocycles. The third-order valence-corrected chi connectivity index (χ3v) is 7.99. The summed E-state index contributed by atoms with van der Waals surface area (Å²) in [6.45, 7) is 4.66. The van der Waals surface area contributed by atoms with E-state index in [4.69, 9.17) is 9.72 Å². The Morgan fingerprint density at radius 2 is 2.06 bits per heavy atom. The van der Waals surface area contributed by atoms with Crippen molar-refractivity contribution in [3.63, 3.8) is 0 Å². The first-order valence-electron chi connectivity index (χ1n) is 10.1. The molecule has 168 valence electrons. The highest BCUT2D eigenvalue weighted by molar-refractivity contribution is 7.98. The average molecular weight is 507 g/mol. The number of ether oxygens (including phenoxy) is 1. The van der Waals surface area contributed by atoms with E-state index in [0.29, 0.717) is 12.1 Å². The molecule has 4 aromatic rings. The van der Waals surface area contributed by atoms with Crippen molar-refractivity contribution in [1.29, 1.82) is 0 Å². The minimum Gasteiger partial charge on any atom is -0.379 e. The van der Waals surface area contributed by atoms with Crippen molar-refractivity contribution in [2.24, 2.45) is 0 Å². The molecule has 0 bridgehead atoms. The van der Waals surface area contributed by atoms with Gasteiger partial charge in [0.05, 0.1) is 39.2 Å². The molecule has 0 unspecified atom stereocenters. The predicted molar refractivity (Wildman–Crippen MR) is 137 cm³/mol. The Bertz CT molecular complexity index is 1220. The van der Waals surface area contributed by atoms with Gasteiger partial charge in [-0.3, -0.25) is 14.6 Å². The second-order valence-electron chi connectivity index (χ2n) is 7.25. The van der Waals surface area contributed by atoms with Crippen LogP contribution >= 0.6 is 46.8 Å². The van der Waals surface area contributed by atoms with Crippen molar-refractivity contribution < 1.29 is 9.53 Å². The van der Waals surface area contributed by atoms with Crippen LogP contribution in [-0.4, -0.2) is 66.4 Å². The number of fused-ring (bicyclic) bond motifs is 2. The number of aromatic nitrogens is 2. The maximum Gasteiger partial charge on any atom is 0.260 e. The number of carbonyl (C=O) groups excluding carboxylic acids is 1. The summed E-state index contributed by atoms with van der Waals surface area (Å²) >= 11 is 4.81. The molecule has 0 spiro atoms. The number of nitrogens with zero attached hydrogens (tertiary/aromatic N) is 4. The van der Waals surface area contributed by atoms with Crippen LogP contribution in [0.5, 0.6) is 0 Å². The molecule has 1 aliphatic rings. The monoisotopic (exact) mass is 506 g/mol. The molecule has 0 saturated carbocycles. The van der Waals surface area contributed by atoms with Gasteiger partial charge >= 0.3 is 0 Å². The van der Waals surface area contributed by atoms with Gasteiger partial charge in [-0.2, -0.15) is 0 Å². The Kier molecular flexibility index (Phi) is 7.65. The highest BCUT2D eigenvalue weighted by Gasteiger charge is 2.24. The van der Waals surface area contributed by atoms with Crippen LogP contribution in [0.4, 0.5) is 5.13 Å². The summed E-state index contributed by atoms with van der Waals surface area (Å²) in [7, 11) is 0. The zero-order valence-electron chi connectivity index (χ0n) is 17.5. The lowest BCUT2D eigenvalue weighted by Crippen LogP contribution is -2.43. The van der Waals surface area contributed by atoms with Gasteiger partial charge in [-0.05, 0) is 36.6 Å². The minimum atomic E-state index is -0.0201. The van der Waals surface area contributed by atoms with Gasteiger partial charge < -0.3 is 4.74 Å². The number of benzene rings is 2. The number of hydrogen-bond donors (Lipinski definition) is 0. The van der Waals surface area contributed by atoms with Crippen LogP contribution < -0.4 is 4.90 Å². The predicted octanol–water partition coefficient (Wildman–Crippen LogP) is 5.03. The molecule has 10 heteroatoms. The molecule has 1 fully saturated rings. The largest absolute Gasteiger partial charge is 0.379 e. The first-order valence-corrected chi connectivity index (χ1v) is 13.0. The molecule has 32 heavy (non-hydrogen) atoms. The summed E-state index contributed by atoms with van der Waals surface area (Å²) in [4.78, 5) is 28.2. The number of halogens is 1. The molecule has 1 amide bonds. The van der Waals surface area contributed by atoms with Crippen LogP contribution in [0.15, 0.2) is 46.8 Å². The highest BCUT2D eigenvalue weighted by atomic mass is 35.5. The lowest BCUT2D eigenvalue weighted by atomic mass is 10.2. The Morgan fingerprint density at radius 3 is 2.88 bits per heavy atom. The lowest BCUT2D eigenvalue weighted by molar-refractivity contribution is 0.0391. The first-order chi connectivity index (χ1) is 15.2. The number of thiazole rings is 2. The Balaban J connectivity index is 0.00000245. The van der Waals surface area contributed by atoms with E-state index in [-0.39, 0.29) is 18.3 Å². The third kappa shape index (κ3) is 4.78. The van der Waals surface area contributed by atoms with Crippen LogP contribution in [0.25, 0.3) is 20.4 Å². The highest BCUT2D eigenvalue weighted by Crippen LogP contribution is 2.35. The van der Waals surface area contributed by atoms with E-state index in [1.165, 1.54) is 0 Å². The molecule has 2 aromatic carbocycles. The Morgan fingerprint density at radius 1 is 1.22 bits per heavy atom. The van der Waals surface area contributed by atoms with E-state index in [1.54, 1.807) is 34.4 Å². The Labute approximate surface area is 205 Å². The summed E-state index contributed by atoms with van der Waals surface area (Å²) in [5.41, 5.74) is 4.37. The Hall–Kier alpha value is -1.75. The number of anilines is 1. The van der Waals surface area contributed by atoms with Crippen molar-refractivity contribution in [2.45, 2.75) is 4.90 Å². The number of amides is 1. The van der Waals surface area contributed by atoms with Gasteiger partial charge in [-0.1, -0.05) is 17.4 Å². The number of carbonyl (C=O) groups is 1. The van der Waals surface area contributed by atoms with Gasteiger partial charge in [0.25, 0.3) is 5.91 Å². The van der Waals surface area contributed by atoms with Crippen LogP contribution in [0.3, 0.4) is 0 Å². The first kappa shape index (κ1) is 23.4. The van der Waals surface area contributed by atoms with Gasteiger partial charge in [0.1, 0.15) is 0 Å². The zero-order chi connectivity index (χ0) is 21.2. The molecule has 0 atom stereocenters. The smallest absolute Gasteiger partial charge is 0.260 e. The van der Waals surface area contributed by atoms with Crippen molar-refractivity contribution in [2.75, 3.05) is 50.5 Å². The van der Waals surface area contributed by atoms with Crippen molar-refractivity contribution in [3.8, 4) is 0 Å². The topological polar surface area (TPSA) is 58.6 Å². The van der Waals surface area contributed by atoms with E-state index < -0.39 is 0 Å². The van der Waals surface area contributed by atoms with Crippen LogP contribution in [0, 0.1) is 0 Å². The molecule has 1 saturated heterocycles. The standard InChI is InChI=1S/C22H22N4O2S3.ClH/c1-29-17-3-2-4-18-20(17)24-22(31-18)26(8-7-25-9-11-28-12-10-25)21(27)15-5-6-16-19(13-15)30-14-23-16;/h2-6,13-14H,7-12H2,1H3;1H. The quantitative estimate of drug-likeness (QED) is 0.342. The van der Waals surface area contributed by atoms with Crippen molar-refractivity contribution in [3.05, 3.63) is 47.5 Å². The van der Waals surface area contributed by atoms with Crippen molar-refractivity contribution >= 4 is 78.3 Å². The zero-order valence-corrected chi connectivity index (χ0v) is 20.8. The van der Waals surface area contributed by atoms with Gasteiger partial charge in [-0.25, -0.2) is 9.97 Å². The fourth-order valence-electron chi connectivity index (χ4n) is 3.69. The van der Waals surface area contributed by atoms with E-state index in [1.807, 2.05) is 34.7 Å². The summed E-state index contributed by atoms with van der Waals surface area (Å²) in [6.07, 6.45) is 2.05. The second-order valence-corrected chi connectivity index (χ2v) is 9.99. The lowest BCUT2D eigenvalue weighted by Gasteiger charge is -2.29. The molecule has 0 aliphatic carbocycles. The third-order valence-electron chi connectivity index (χ3n) is 5.39. The van der Waals surface area contributed by atoms with Crippen molar-refractivity contribution in [1.82, 2.24) is 14.9 Å².